The summed E-state index contributed by atoms with van der Waals surface area (Å²) in [5.74, 6) is 0.790. The predicted molar refractivity (Wildman–Crippen MR) is 74.5 cm³/mol. The number of piperazine rings is 1. The Balaban J connectivity index is 2.05. The second-order valence-corrected chi connectivity index (χ2v) is 7.49. The maximum Gasteiger partial charge on any atom is 0.307 e. The summed E-state index contributed by atoms with van der Waals surface area (Å²) >= 11 is 0. The fourth-order valence-corrected chi connectivity index (χ4v) is 5.22. The molecule has 2 atom stereocenters. The molecule has 112 valence electrons. The first-order valence-corrected chi connectivity index (χ1v) is 8.34. The summed E-state index contributed by atoms with van der Waals surface area (Å²) in [6.07, 6.45) is 6.81. The lowest BCUT2D eigenvalue weighted by atomic mass is 10.1. The standard InChI is InChI=1S/C13H20N2O4S/c1-2-6-14-7-9-15(10-8-14)20(18,19)12-5-3-4-11(12)13(16)17/h1,11-12H,3-10H2,(H,16,17). The van der Waals surface area contributed by atoms with Crippen molar-refractivity contribution in [3.8, 4) is 12.3 Å². The van der Waals surface area contributed by atoms with Gasteiger partial charge in [0.15, 0.2) is 0 Å². The third-order valence-electron chi connectivity index (χ3n) is 4.16. The van der Waals surface area contributed by atoms with E-state index in [-0.39, 0.29) is 0 Å². The molecule has 20 heavy (non-hydrogen) atoms. The SMILES string of the molecule is C#CCN1CCN(S(=O)(=O)C2CCCC2C(=O)O)CC1. The summed E-state index contributed by atoms with van der Waals surface area (Å²) in [6, 6.07) is 0. The molecule has 1 saturated carbocycles. The summed E-state index contributed by atoms with van der Waals surface area (Å²) in [7, 11) is -3.52. The van der Waals surface area contributed by atoms with Crippen LogP contribution in [0, 0.1) is 18.3 Å². The van der Waals surface area contributed by atoms with Gasteiger partial charge >= 0.3 is 5.97 Å². The van der Waals surface area contributed by atoms with E-state index < -0.39 is 27.2 Å². The lowest BCUT2D eigenvalue weighted by Crippen LogP contribution is -2.52. The van der Waals surface area contributed by atoms with E-state index in [4.69, 9.17) is 11.5 Å². The highest BCUT2D eigenvalue weighted by Crippen LogP contribution is 2.33. The van der Waals surface area contributed by atoms with Crippen molar-refractivity contribution < 1.29 is 18.3 Å². The number of hydrogen-bond acceptors (Lipinski definition) is 4. The number of hydrogen-bond donors (Lipinski definition) is 1. The summed E-state index contributed by atoms with van der Waals surface area (Å²) in [5.41, 5.74) is 0. The van der Waals surface area contributed by atoms with E-state index in [2.05, 4.69) is 5.92 Å². The Morgan fingerprint density at radius 1 is 1.25 bits per heavy atom. The van der Waals surface area contributed by atoms with Gasteiger partial charge in [0.05, 0.1) is 17.7 Å². The van der Waals surface area contributed by atoms with Gasteiger partial charge in [-0.25, -0.2) is 8.42 Å². The van der Waals surface area contributed by atoms with Crippen molar-refractivity contribution in [3.05, 3.63) is 0 Å². The molecule has 0 radical (unpaired) electrons. The van der Waals surface area contributed by atoms with Crippen molar-refractivity contribution in [1.29, 1.82) is 0 Å². The molecule has 1 aliphatic heterocycles. The van der Waals surface area contributed by atoms with Crippen molar-refractivity contribution in [2.75, 3.05) is 32.7 Å². The van der Waals surface area contributed by atoms with E-state index in [1.165, 1.54) is 4.31 Å². The van der Waals surface area contributed by atoms with Gasteiger partial charge in [0, 0.05) is 26.2 Å². The first-order valence-electron chi connectivity index (χ1n) is 6.84. The average Bonchev–Trinajstić information content (AvgIpc) is 2.90. The molecule has 6 nitrogen and oxygen atoms in total. The van der Waals surface area contributed by atoms with Crippen molar-refractivity contribution in [2.24, 2.45) is 5.92 Å². The molecule has 0 spiro atoms. The zero-order valence-electron chi connectivity index (χ0n) is 11.4. The Hall–Kier alpha value is -1.10. The maximum atomic E-state index is 12.6. The molecule has 1 aliphatic carbocycles. The number of terminal acetylenes is 1. The molecular formula is C13H20N2O4S. The van der Waals surface area contributed by atoms with Gasteiger partial charge in [-0.05, 0) is 12.8 Å². The average molecular weight is 300 g/mol. The Morgan fingerprint density at radius 2 is 1.90 bits per heavy atom. The van der Waals surface area contributed by atoms with Crippen LogP contribution in [-0.2, 0) is 14.8 Å². The third-order valence-corrected chi connectivity index (χ3v) is 6.57. The van der Waals surface area contributed by atoms with Crippen LogP contribution in [0.3, 0.4) is 0 Å². The fourth-order valence-electron chi connectivity index (χ4n) is 3.03. The highest BCUT2D eigenvalue weighted by molar-refractivity contribution is 7.89. The monoisotopic (exact) mass is 300 g/mol. The van der Waals surface area contributed by atoms with E-state index in [9.17, 15) is 13.2 Å². The van der Waals surface area contributed by atoms with Crippen molar-refractivity contribution in [2.45, 2.75) is 24.5 Å². The van der Waals surface area contributed by atoms with Crippen LogP contribution in [0.15, 0.2) is 0 Å². The van der Waals surface area contributed by atoms with Crippen LogP contribution < -0.4 is 0 Å². The molecule has 2 aliphatic rings. The summed E-state index contributed by atoms with van der Waals surface area (Å²) in [5, 5.41) is 8.38. The molecule has 0 aromatic rings. The normalized spacial score (nSPS) is 29.1. The Labute approximate surface area is 119 Å². The van der Waals surface area contributed by atoms with Crippen molar-refractivity contribution >= 4 is 16.0 Å². The topological polar surface area (TPSA) is 77.9 Å². The lowest BCUT2D eigenvalue weighted by molar-refractivity contribution is -0.141. The number of aliphatic carboxylic acids is 1. The highest BCUT2D eigenvalue weighted by atomic mass is 32.2. The Morgan fingerprint density at radius 3 is 2.45 bits per heavy atom. The van der Waals surface area contributed by atoms with Crippen LogP contribution in [-0.4, -0.2) is 66.7 Å². The number of sulfonamides is 1. The first-order chi connectivity index (χ1) is 9.46. The van der Waals surface area contributed by atoms with Gasteiger partial charge in [-0.2, -0.15) is 4.31 Å². The van der Waals surface area contributed by atoms with Gasteiger partial charge in [-0.3, -0.25) is 9.69 Å². The number of carboxylic acids is 1. The molecule has 1 N–H and O–H groups in total. The van der Waals surface area contributed by atoms with Gasteiger partial charge in [-0.1, -0.05) is 12.3 Å². The molecule has 2 unspecified atom stereocenters. The number of rotatable bonds is 4. The zero-order chi connectivity index (χ0) is 14.8. The van der Waals surface area contributed by atoms with Crippen LogP contribution in [0.2, 0.25) is 0 Å². The zero-order valence-corrected chi connectivity index (χ0v) is 12.2. The second-order valence-electron chi connectivity index (χ2n) is 5.34. The van der Waals surface area contributed by atoms with Crippen LogP contribution in [0.25, 0.3) is 0 Å². The van der Waals surface area contributed by atoms with E-state index in [0.717, 1.165) is 0 Å². The predicted octanol–water partition coefficient (Wildman–Crippen LogP) is -0.180. The third kappa shape index (κ3) is 2.97. The Kier molecular flexibility index (Phi) is 4.68. The van der Waals surface area contributed by atoms with Crippen LogP contribution in [0.4, 0.5) is 0 Å². The largest absolute Gasteiger partial charge is 0.481 e. The molecule has 2 fully saturated rings. The molecular weight excluding hydrogens is 280 g/mol. The van der Waals surface area contributed by atoms with Crippen LogP contribution in [0.1, 0.15) is 19.3 Å². The minimum absolute atomic E-state index is 0.396. The molecule has 1 heterocycles. The van der Waals surface area contributed by atoms with Gasteiger partial charge < -0.3 is 5.11 Å². The minimum Gasteiger partial charge on any atom is -0.481 e. The highest BCUT2D eigenvalue weighted by Gasteiger charge is 2.44. The fraction of sp³-hybridized carbons (Fsp3) is 0.769. The van der Waals surface area contributed by atoms with Gasteiger partial charge in [-0.15, -0.1) is 6.42 Å². The van der Waals surface area contributed by atoms with E-state index in [1.54, 1.807) is 0 Å². The van der Waals surface area contributed by atoms with Crippen LogP contribution in [0.5, 0.6) is 0 Å². The molecule has 1 saturated heterocycles. The van der Waals surface area contributed by atoms with Gasteiger partial charge in [0.2, 0.25) is 10.0 Å². The van der Waals surface area contributed by atoms with Crippen molar-refractivity contribution in [3.63, 3.8) is 0 Å². The quantitative estimate of drug-likeness (QED) is 0.729. The van der Waals surface area contributed by atoms with Crippen molar-refractivity contribution in [1.82, 2.24) is 9.21 Å². The van der Waals surface area contributed by atoms with E-state index in [0.29, 0.717) is 52.0 Å². The molecule has 0 bridgehead atoms. The summed E-state index contributed by atoms with van der Waals surface area (Å²) in [6.45, 7) is 2.52. The molecule has 0 aromatic heterocycles. The molecule has 2 rings (SSSR count). The van der Waals surface area contributed by atoms with E-state index >= 15 is 0 Å². The van der Waals surface area contributed by atoms with Gasteiger partial charge in [0.1, 0.15) is 0 Å². The maximum absolute atomic E-state index is 12.6. The molecule has 0 amide bonds. The van der Waals surface area contributed by atoms with Gasteiger partial charge in [0.25, 0.3) is 0 Å². The second kappa shape index (κ2) is 6.12. The number of carboxylic acid groups (broad SMARTS) is 1. The van der Waals surface area contributed by atoms with E-state index in [1.807, 2.05) is 4.90 Å². The molecule has 7 heteroatoms. The first kappa shape index (κ1) is 15.3. The minimum atomic E-state index is -3.52. The smallest absolute Gasteiger partial charge is 0.307 e. The number of nitrogens with zero attached hydrogens (tertiary/aromatic N) is 2. The number of carbonyl (C=O) groups is 1. The lowest BCUT2D eigenvalue weighted by Gasteiger charge is -2.35. The molecule has 0 aromatic carbocycles. The summed E-state index contributed by atoms with van der Waals surface area (Å²) < 4.78 is 26.6. The summed E-state index contributed by atoms with van der Waals surface area (Å²) in [4.78, 5) is 13.2. The van der Waals surface area contributed by atoms with Crippen LogP contribution >= 0.6 is 0 Å². The Bertz CT molecular complexity index is 503.